The van der Waals surface area contributed by atoms with Crippen LogP contribution in [0.3, 0.4) is 0 Å². The van der Waals surface area contributed by atoms with Crippen LogP contribution in [0.1, 0.15) is 43.5 Å². The van der Waals surface area contributed by atoms with Crippen molar-refractivity contribution in [2.75, 3.05) is 5.75 Å². The molecule has 1 rings (SSSR count). The van der Waals surface area contributed by atoms with Gasteiger partial charge in [-0.05, 0) is 18.6 Å². The van der Waals surface area contributed by atoms with Crippen molar-refractivity contribution in [2.45, 2.75) is 38.0 Å². The number of carbonyl (C=O) groups is 3. The molecule has 25 heavy (non-hydrogen) atoms. The number of hydrogen-bond donors (Lipinski definition) is 1. The van der Waals surface area contributed by atoms with E-state index in [1.165, 1.54) is 12.1 Å². The molecule has 0 aromatic heterocycles. The van der Waals surface area contributed by atoms with Gasteiger partial charge in [0.1, 0.15) is 5.56 Å². The average molecular weight is 385 g/mol. The Morgan fingerprint density at radius 1 is 1.32 bits per heavy atom. The maximum Gasteiger partial charge on any atom is 0.342 e. The van der Waals surface area contributed by atoms with Crippen molar-refractivity contribution in [2.24, 2.45) is 5.92 Å². The zero-order valence-electron chi connectivity index (χ0n) is 13.9. The molecule has 0 aliphatic heterocycles. The molecule has 9 heteroatoms. The molecule has 136 valence electrons. The van der Waals surface area contributed by atoms with Gasteiger partial charge in [-0.2, -0.15) is 0 Å². The third-order valence-electron chi connectivity index (χ3n) is 3.45. The molecule has 0 aliphatic carbocycles. The van der Waals surface area contributed by atoms with Gasteiger partial charge < -0.3 is 5.11 Å². The number of ketones is 2. The number of benzene rings is 1. The van der Waals surface area contributed by atoms with Crippen LogP contribution in [0.2, 0.25) is 0 Å². The molecule has 0 saturated heterocycles. The lowest BCUT2D eigenvalue weighted by molar-refractivity contribution is -0.385. The van der Waals surface area contributed by atoms with Crippen molar-refractivity contribution in [1.29, 1.82) is 0 Å². The van der Waals surface area contributed by atoms with E-state index in [0.29, 0.717) is 11.3 Å². The maximum atomic E-state index is 11.9. The molecule has 1 unspecified atom stereocenters. The highest BCUT2D eigenvalue weighted by Crippen LogP contribution is 2.34. The molecule has 0 bridgehead atoms. The minimum atomic E-state index is -1.39. The quantitative estimate of drug-likeness (QED) is 0.263. The number of rotatable bonds is 11. The Labute approximate surface area is 153 Å². The Morgan fingerprint density at radius 2 is 2.00 bits per heavy atom. The van der Waals surface area contributed by atoms with E-state index >= 15 is 0 Å². The summed E-state index contributed by atoms with van der Waals surface area (Å²) in [6.45, 7) is 3.75. The second-order valence-corrected chi connectivity index (χ2v) is 7.79. The summed E-state index contributed by atoms with van der Waals surface area (Å²) >= 11 is 0. The summed E-state index contributed by atoms with van der Waals surface area (Å²) in [6, 6.07) is 3.72. The van der Waals surface area contributed by atoms with E-state index in [2.05, 4.69) is 0 Å². The number of nitrogens with zero attached hydrogens (tertiary/aromatic N) is 1. The molecule has 0 fully saturated rings. The molecular formula is C16H19NO6S2. The van der Waals surface area contributed by atoms with Crippen molar-refractivity contribution in [3.63, 3.8) is 0 Å². The molecule has 0 saturated carbocycles. The molecule has 0 aliphatic rings. The normalized spacial score (nSPS) is 11.8. The monoisotopic (exact) mass is 385 g/mol. The molecule has 1 N–H and O–H groups in total. The summed E-state index contributed by atoms with van der Waals surface area (Å²) in [7, 11) is 2.21. The lowest BCUT2D eigenvalue weighted by Gasteiger charge is -2.08. The first-order chi connectivity index (χ1) is 11.8. The van der Waals surface area contributed by atoms with Gasteiger partial charge in [0.15, 0.2) is 0 Å². The van der Waals surface area contributed by atoms with Crippen LogP contribution in [-0.2, 0) is 9.59 Å². The summed E-state index contributed by atoms with van der Waals surface area (Å²) in [5, 5.41) is 19.8. The van der Waals surface area contributed by atoms with Crippen LogP contribution in [-0.4, -0.2) is 33.3 Å². The summed E-state index contributed by atoms with van der Waals surface area (Å²) in [4.78, 5) is 45.4. The zero-order chi connectivity index (χ0) is 19.0. The summed E-state index contributed by atoms with van der Waals surface area (Å²) in [5.74, 6) is -2.58. The molecule has 1 atom stereocenters. The van der Waals surface area contributed by atoms with Crippen molar-refractivity contribution >= 4 is 44.8 Å². The van der Waals surface area contributed by atoms with Crippen molar-refractivity contribution in [3.8, 4) is 0 Å². The number of aromatic carboxylic acids is 1. The minimum Gasteiger partial charge on any atom is -0.477 e. The second kappa shape index (κ2) is 10.2. The van der Waals surface area contributed by atoms with Crippen LogP contribution in [0.4, 0.5) is 5.69 Å². The first-order valence-corrected chi connectivity index (χ1v) is 9.98. The van der Waals surface area contributed by atoms with E-state index in [4.69, 9.17) is 5.11 Å². The van der Waals surface area contributed by atoms with Crippen LogP contribution in [0.25, 0.3) is 0 Å². The van der Waals surface area contributed by atoms with Gasteiger partial charge in [0, 0.05) is 16.9 Å². The Balaban J connectivity index is 2.63. The number of carbonyl (C=O) groups excluding carboxylic acids is 2. The summed E-state index contributed by atoms with van der Waals surface area (Å²) in [6.07, 6.45) is 2.54. The van der Waals surface area contributed by atoms with Gasteiger partial charge in [-0.25, -0.2) is 4.79 Å². The van der Waals surface area contributed by atoms with Gasteiger partial charge in [-0.15, -0.1) is 0 Å². The predicted molar refractivity (Wildman–Crippen MR) is 97.1 cm³/mol. The Hall–Kier alpha value is -1.87. The third kappa shape index (κ3) is 6.50. The van der Waals surface area contributed by atoms with E-state index in [-0.39, 0.29) is 11.7 Å². The first-order valence-electron chi connectivity index (χ1n) is 7.66. The van der Waals surface area contributed by atoms with Gasteiger partial charge in [0.05, 0.1) is 10.7 Å². The predicted octanol–water partition coefficient (Wildman–Crippen LogP) is 4.00. The molecule has 1 aromatic rings. The van der Waals surface area contributed by atoms with Crippen LogP contribution >= 0.6 is 21.6 Å². The molecule has 0 amide bonds. The number of nitro groups is 1. The lowest BCUT2D eigenvalue weighted by atomic mass is 9.97. The van der Waals surface area contributed by atoms with Crippen LogP contribution < -0.4 is 0 Å². The van der Waals surface area contributed by atoms with E-state index in [0.717, 1.165) is 40.5 Å². The fourth-order valence-corrected chi connectivity index (χ4v) is 3.99. The topological polar surface area (TPSA) is 115 Å². The van der Waals surface area contributed by atoms with Crippen LogP contribution in [0.5, 0.6) is 0 Å². The van der Waals surface area contributed by atoms with E-state index in [1.54, 1.807) is 6.92 Å². The van der Waals surface area contributed by atoms with Crippen molar-refractivity contribution in [3.05, 3.63) is 33.9 Å². The molecular weight excluding hydrogens is 366 g/mol. The number of hydrogen-bond acceptors (Lipinski definition) is 7. The molecule has 0 radical (unpaired) electrons. The van der Waals surface area contributed by atoms with E-state index in [1.807, 2.05) is 6.92 Å². The zero-order valence-corrected chi connectivity index (χ0v) is 15.5. The van der Waals surface area contributed by atoms with E-state index < -0.39 is 33.7 Å². The minimum absolute atomic E-state index is 0.0284. The van der Waals surface area contributed by atoms with Gasteiger partial charge in [0.2, 0.25) is 11.6 Å². The fourth-order valence-electron chi connectivity index (χ4n) is 2.04. The van der Waals surface area contributed by atoms with Crippen LogP contribution in [0, 0.1) is 16.0 Å². The average Bonchev–Trinajstić information content (AvgIpc) is 2.58. The van der Waals surface area contributed by atoms with Gasteiger partial charge in [-0.3, -0.25) is 19.7 Å². The second-order valence-electron chi connectivity index (χ2n) is 5.42. The van der Waals surface area contributed by atoms with Crippen molar-refractivity contribution < 1.29 is 24.4 Å². The van der Waals surface area contributed by atoms with Crippen LogP contribution in [0.15, 0.2) is 23.1 Å². The highest BCUT2D eigenvalue weighted by atomic mass is 33.1. The SMILES string of the molecule is CCCCC(C)C(=O)C(=O)CSSc1ccc([N+](=O)[O-])c(C(=O)O)c1. The Bertz CT molecular complexity index is 677. The number of carboxylic acids is 1. The van der Waals surface area contributed by atoms with Gasteiger partial charge >= 0.3 is 5.97 Å². The smallest absolute Gasteiger partial charge is 0.342 e. The molecule has 0 spiro atoms. The first kappa shape index (κ1) is 21.2. The molecule has 1 aromatic carbocycles. The largest absolute Gasteiger partial charge is 0.477 e. The number of nitro benzene ring substituents is 1. The number of Topliss-reactive ketones (excluding diaryl/α,β-unsaturated/α-hetero) is 2. The summed E-state index contributed by atoms with van der Waals surface area (Å²) < 4.78 is 0. The molecule has 7 nitrogen and oxygen atoms in total. The summed E-state index contributed by atoms with van der Waals surface area (Å²) in [5.41, 5.74) is -0.899. The molecule has 0 heterocycles. The standard InChI is InChI=1S/C16H19NO6S2/c1-3-4-5-10(2)15(19)14(18)9-24-25-11-6-7-13(17(22)23)12(8-11)16(20)21/h6-8,10H,3-5,9H2,1-2H3,(H,20,21). The highest BCUT2D eigenvalue weighted by Gasteiger charge is 2.22. The van der Waals surface area contributed by atoms with E-state index in [9.17, 15) is 24.5 Å². The van der Waals surface area contributed by atoms with Gasteiger partial charge in [0.25, 0.3) is 5.69 Å². The third-order valence-corrected chi connectivity index (χ3v) is 5.68. The Morgan fingerprint density at radius 3 is 2.56 bits per heavy atom. The number of carboxylic acid groups (broad SMARTS) is 1. The highest BCUT2D eigenvalue weighted by molar-refractivity contribution is 8.76. The lowest BCUT2D eigenvalue weighted by Crippen LogP contribution is -2.23. The van der Waals surface area contributed by atoms with Crippen molar-refractivity contribution in [1.82, 2.24) is 0 Å². The van der Waals surface area contributed by atoms with Gasteiger partial charge in [-0.1, -0.05) is 48.3 Å². The number of unbranched alkanes of at least 4 members (excludes halogenated alkanes) is 1. The maximum absolute atomic E-state index is 11.9. The Kier molecular flexibility index (Phi) is 8.64. The fraction of sp³-hybridized carbons (Fsp3) is 0.438.